The van der Waals surface area contributed by atoms with Gasteiger partial charge in [0.25, 0.3) is 0 Å². The van der Waals surface area contributed by atoms with E-state index in [9.17, 15) is 0 Å². The number of nitrogens with two attached hydrogens (primary N) is 1. The van der Waals surface area contributed by atoms with Crippen molar-refractivity contribution in [2.24, 2.45) is 5.92 Å². The molecule has 100 valence electrons. The average Bonchev–Trinajstić information content (AvgIpc) is 3.14. The lowest BCUT2D eigenvalue weighted by molar-refractivity contribution is 0.204. The van der Waals surface area contributed by atoms with E-state index in [-0.39, 0.29) is 0 Å². The van der Waals surface area contributed by atoms with Crippen molar-refractivity contribution in [2.45, 2.75) is 39.3 Å². The Hall–Kier alpha value is -1.22. The third-order valence-corrected chi connectivity index (χ3v) is 3.65. The molecular formula is C15H24N2O. The smallest absolute Gasteiger partial charge is 0.120 e. The van der Waals surface area contributed by atoms with Crippen molar-refractivity contribution in [1.29, 1.82) is 0 Å². The minimum absolute atomic E-state index is 0.562. The van der Waals surface area contributed by atoms with E-state index in [4.69, 9.17) is 10.5 Å². The molecule has 1 aliphatic rings. The van der Waals surface area contributed by atoms with Gasteiger partial charge in [0.15, 0.2) is 0 Å². The van der Waals surface area contributed by atoms with Crippen LogP contribution in [-0.4, -0.2) is 24.6 Å². The molecule has 0 bridgehead atoms. The van der Waals surface area contributed by atoms with E-state index in [2.05, 4.69) is 24.8 Å². The molecule has 18 heavy (non-hydrogen) atoms. The molecule has 2 N–H and O–H groups in total. The molecule has 1 fully saturated rings. The minimum Gasteiger partial charge on any atom is -0.497 e. The lowest BCUT2D eigenvalue weighted by Gasteiger charge is -2.27. The molecule has 0 radical (unpaired) electrons. The highest BCUT2D eigenvalue weighted by atomic mass is 16.5. The molecule has 0 spiro atoms. The van der Waals surface area contributed by atoms with Gasteiger partial charge in [0, 0.05) is 30.9 Å². The number of rotatable bonds is 6. The molecule has 0 heterocycles. The first-order valence-corrected chi connectivity index (χ1v) is 6.76. The normalized spacial score (nSPS) is 15.4. The van der Waals surface area contributed by atoms with Crippen LogP contribution in [0.5, 0.6) is 5.75 Å². The third-order valence-electron chi connectivity index (χ3n) is 3.65. The van der Waals surface area contributed by atoms with Crippen LogP contribution in [-0.2, 0) is 6.54 Å². The Bertz CT molecular complexity index is 399. The van der Waals surface area contributed by atoms with Crippen molar-refractivity contribution in [3.05, 3.63) is 23.8 Å². The second-order valence-electron chi connectivity index (χ2n) is 5.53. The number of hydrogen-bond acceptors (Lipinski definition) is 3. The zero-order chi connectivity index (χ0) is 13.1. The van der Waals surface area contributed by atoms with E-state index in [0.29, 0.717) is 6.04 Å². The summed E-state index contributed by atoms with van der Waals surface area (Å²) in [5.41, 5.74) is 8.11. The SMILES string of the molecule is COc1ccc(CN(CC2CC2)C(C)C)c(N)c1. The highest BCUT2D eigenvalue weighted by molar-refractivity contribution is 5.51. The van der Waals surface area contributed by atoms with Crippen LogP contribution >= 0.6 is 0 Å². The van der Waals surface area contributed by atoms with E-state index >= 15 is 0 Å². The van der Waals surface area contributed by atoms with Gasteiger partial charge >= 0.3 is 0 Å². The fourth-order valence-corrected chi connectivity index (χ4v) is 2.15. The first-order chi connectivity index (χ1) is 8.60. The summed E-state index contributed by atoms with van der Waals surface area (Å²) in [5, 5.41) is 0. The van der Waals surface area contributed by atoms with Crippen molar-refractivity contribution in [2.75, 3.05) is 19.4 Å². The summed E-state index contributed by atoms with van der Waals surface area (Å²) in [6, 6.07) is 6.54. The van der Waals surface area contributed by atoms with E-state index in [1.807, 2.05) is 12.1 Å². The number of methoxy groups -OCH3 is 1. The van der Waals surface area contributed by atoms with Crippen LogP contribution in [0.25, 0.3) is 0 Å². The largest absolute Gasteiger partial charge is 0.497 e. The highest BCUT2D eigenvalue weighted by Gasteiger charge is 2.25. The first kappa shape index (κ1) is 13.2. The van der Waals surface area contributed by atoms with Gasteiger partial charge in [-0.05, 0) is 44.2 Å². The van der Waals surface area contributed by atoms with E-state index in [0.717, 1.165) is 23.9 Å². The summed E-state index contributed by atoms with van der Waals surface area (Å²) in [4.78, 5) is 2.51. The molecule has 0 aromatic heterocycles. The molecule has 0 saturated heterocycles. The van der Waals surface area contributed by atoms with Crippen molar-refractivity contribution < 1.29 is 4.74 Å². The summed E-state index contributed by atoms with van der Waals surface area (Å²) >= 11 is 0. The lowest BCUT2D eigenvalue weighted by atomic mass is 10.1. The van der Waals surface area contributed by atoms with Gasteiger partial charge in [0.05, 0.1) is 7.11 Å². The number of nitrogens with zero attached hydrogens (tertiary/aromatic N) is 1. The molecule has 0 unspecified atom stereocenters. The monoisotopic (exact) mass is 248 g/mol. The van der Waals surface area contributed by atoms with E-state index in [1.54, 1.807) is 7.11 Å². The number of hydrogen-bond donors (Lipinski definition) is 1. The Morgan fingerprint density at radius 3 is 2.61 bits per heavy atom. The quantitative estimate of drug-likeness (QED) is 0.787. The van der Waals surface area contributed by atoms with Crippen LogP contribution in [0.2, 0.25) is 0 Å². The van der Waals surface area contributed by atoms with Crippen LogP contribution in [0.3, 0.4) is 0 Å². The van der Waals surface area contributed by atoms with Crippen molar-refractivity contribution >= 4 is 5.69 Å². The molecule has 3 nitrogen and oxygen atoms in total. The fourth-order valence-electron chi connectivity index (χ4n) is 2.15. The molecular weight excluding hydrogens is 224 g/mol. The Balaban J connectivity index is 2.05. The van der Waals surface area contributed by atoms with Gasteiger partial charge in [-0.1, -0.05) is 6.07 Å². The summed E-state index contributed by atoms with van der Waals surface area (Å²) in [6.45, 7) is 6.64. The number of benzene rings is 1. The Kier molecular flexibility index (Phi) is 4.12. The second kappa shape index (κ2) is 5.61. The van der Waals surface area contributed by atoms with Crippen molar-refractivity contribution in [3.63, 3.8) is 0 Å². The molecule has 0 atom stereocenters. The average molecular weight is 248 g/mol. The maximum Gasteiger partial charge on any atom is 0.120 e. The molecule has 0 aliphatic heterocycles. The van der Waals surface area contributed by atoms with Gasteiger partial charge in [-0.2, -0.15) is 0 Å². The number of ether oxygens (including phenoxy) is 1. The zero-order valence-electron chi connectivity index (χ0n) is 11.6. The molecule has 1 aromatic carbocycles. The molecule has 3 heteroatoms. The van der Waals surface area contributed by atoms with Gasteiger partial charge in [0.2, 0.25) is 0 Å². The maximum absolute atomic E-state index is 6.09. The summed E-state index contributed by atoms with van der Waals surface area (Å²) in [7, 11) is 1.67. The molecule has 1 aliphatic carbocycles. The van der Waals surface area contributed by atoms with Gasteiger partial charge in [-0.25, -0.2) is 0 Å². The summed E-state index contributed by atoms with van der Waals surface area (Å²) in [6.07, 6.45) is 2.78. The minimum atomic E-state index is 0.562. The summed E-state index contributed by atoms with van der Waals surface area (Å²) < 4.78 is 5.18. The fraction of sp³-hybridized carbons (Fsp3) is 0.600. The van der Waals surface area contributed by atoms with Crippen LogP contribution in [0, 0.1) is 5.92 Å². The third kappa shape index (κ3) is 3.39. The van der Waals surface area contributed by atoms with Crippen molar-refractivity contribution in [1.82, 2.24) is 4.90 Å². The molecule has 2 rings (SSSR count). The predicted molar refractivity (Wildman–Crippen MR) is 75.7 cm³/mol. The zero-order valence-corrected chi connectivity index (χ0v) is 11.6. The van der Waals surface area contributed by atoms with Gasteiger partial charge < -0.3 is 10.5 Å². The van der Waals surface area contributed by atoms with Gasteiger partial charge in [-0.15, -0.1) is 0 Å². The van der Waals surface area contributed by atoms with E-state index < -0.39 is 0 Å². The molecule has 0 amide bonds. The summed E-state index contributed by atoms with van der Waals surface area (Å²) in [5.74, 6) is 1.74. The van der Waals surface area contributed by atoms with Crippen LogP contribution in [0.1, 0.15) is 32.3 Å². The van der Waals surface area contributed by atoms with Crippen LogP contribution < -0.4 is 10.5 Å². The molecule has 1 aromatic rings. The van der Waals surface area contributed by atoms with Crippen molar-refractivity contribution in [3.8, 4) is 5.75 Å². The first-order valence-electron chi connectivity index (χ1n) is 6.76. The lowest BCUT2D eigenvalue weighted by Crippen LogP contribution is -2.32. The standard InChI is InChI=1S/C15H24N2O/c1-11(2)17(9-12-4-5-12)10-13-6-7-14(18-3)8-15(13)16/h6-8,11-12H,4-5,9-10,16H2,1-3H3. The van der Waals surface area contributed by atoms with E-state index in [1.165, 1.54) is 24.9 Å². The van der Waals surface area contributed by atoms with Gasteiger partial charge in [0.1, 0.15) is 5.75 Å². The molecule has 1 saturated carbocycles. The predicted octanol–water partition coefficient (Wildman–Crippen LogP) is 2.90. The number of nitrogen functional groups attached to an aromatic ring is 1. The number of anilines is 1. The van der Waals surface area contributed by atoms with Crippen LogP contribution in [0.4, 0.5) is 5.69 Å². The highest BCUT2D eigenvalue weighted by Crippen LogP contribution is 2.31. The maximum atomic E-state index is 6.09. The Labute approximate surface area is 110 Å². The van der Waals surface area contributed by atoms with Crippen LogP contribution in [0.15, 0.2) is 18.2 Å². The topological polar surface area (TPSA) is 38.5 Å². The van der Waals surface area contributed by atoms with Gasteiger partial charge in [-0.3, -0.25) is 4.90 Å². The Morgan fingerprint density at radius 1 is 1.39 bits per heavy atom. The second-order valence-corrected chi connectivity index (χ2v) is 5.53. The Morgan fingerprint density at radius 2 is 2.11 bits per heavy atom.